The molecule has 2 nitrogen and oxygen atoms in total. The van der Waals surface area contributed by atoms with Gasteiger partial charge < -0.3 is 9.84 Å². The normalized spacial score (nSPS) is 20.6. The largest absolute Gasteiger partial charge is 0.493 e. The Balaban J connectivity index is 1.93. The van der Waals surface area contributed by atoms with Gasteiger partial charge in [0, 0.05) is 11.5 Å². The molecular formula is C14H20O2. The molecule has 0 bridgehead atoms. The highest BCUT2D eigenvalue weighted by Gasteiger charge is 2.24. The SMILES string of the molecule is CC(C)C(O)CCC1COc2ccccc21. The number of para-hydroxylation sites is 1. The highest BCUT2D eigenvalue weighted by molar-refractivity contribution is 5.39. The van der Waals surface area contributed by atoms with E-state index >= 15 is 0 Å². The number of hydrogen-bond donors (Lipinski definition) is 1. The van der Waals surface area contributed by atoms with Gasteiger partial charge in [0.15, 0.2) is 0 Å². The molecule has 1 heterocycles. The maximum atomic E-state index is 9.79. The lowest BCUT2D eigenvalue weighted by Gasteiger charge is -2.16. The van der Waals surface area contributed by atoms with E-state index in [0.717, 1.165) is 25.2 Å². The molecule has 1 aromatic carbocycles. The summed E-state index contributed by atoms with van der Waals surface area (Å²) in [7, 11) is 0. The minimum atomic E-state index is -0.187. The highest BCUT2D eigenvalue weighted by atomic mass is 16.5. The summed E-state index contributed by atoms with van der Waals surface area (Å²) in [6.45, 7) is 4.89. The maximum Gasteiger partial charge on any atom is 0.122 e. The van der Waals surface area contributed by atoms with Crippen molar-refractivity contribution in [1.29, 1.82) is 0 Å². The van der Waals surface area contributed by atoms with Crippen LogP contribution in [0.3, 0.4) is 0 Å². The van der Waals surface area contributed by atoms with Gasteiger partial charge in [0.05, 0.1) is 12.7 Å². The van der Waals surface area contributed by atoms with Crippen LogP contribution in [-0.4, -0.2) is 17.8 Å². The Kier molecular flexibility index (Phi) is 3.49. The van der Waals surface area contributed by atoms with E-state index in [0.29, 0.717) is 11.8 Å². The van der Waals surface area contributed by atoms with Gasteiger partial charge in [-0.1, -0.05) is 32.0 Å². The standard InChI is InChI=1S/C14H20O2/c1-10(2)13(15)8-7-11-9-16-14-6-4-3-5-12(11)14/h3-6,10-11,13,15H,7-9H2,1-2H3. The number of ether oxygens (including phenoxy) is 1. The fraction of sp³-hybridized carbons (Fsp3) is 0.571. The van der Waals surface area contributed by atoms with Gasteiger partial charge in [-0.15, -0.1) is 0 Å². The second-order valence-electron chi connectivity index (χ2n) is 4.93. The molecule has 0 amide bonds. The molecule has 16 heavy (non-hydrogen) atoms. The molecular weight excluding hydrogens is 200 g/mol. The minimum Gasteiger partial charge on any atom is -0.493 e. The molecule has 1 aliphatic heterocycles. The van der Waals surface area contributed by atoms with Gasteiger partial charge in [-0.3, -0.25) is 0 Å². The van der Waals surface area contributed by atoms with Crippen molar-refractivity contribution in [3.05, 3.63) is 29.8 Å². The molecule has 2 rings (SSSR count). The first-order valence-electron chi connectivity index (χ1n) is 6.08. The van der Waals surface area contributed by atoms with E-state index in [1.54, 1.807) is 0 Å². The molecule has 0 spiro atoms. The van der Waals surface area contributed by atoms with Gasteiger partial charge in [-0.25, -0.2) is 0 Å². The molecule has 1 aliphatic rings. The van der Waals surface area contributed by atoms with E-state index < -0.39 is 0 Å². The molecule has 88 valence electrons. The number of aliphatic hydroxyl groups excluding tert-OH is 1. The fourth-order valence-corrected chi connectivity index (χ4v) is 2.17. The molecule has 0 aliphatic carbocycles. The topological polar surface area (TPSA) is 29.5 Å². The van der Waals surface area contributed by atoms with Gasteiger partial charge in [-0.2, -0.15) is 0 Å². The van der Waals surface area contributed by atoms with Gasteiger partial charge in [0.2, 0.25) is 0 Å². The van der Waals surface area contributed by atoms with Crippen molar-refractivity contribution < 1.29 is 9.84 Å². The van der Waals surface area contributed by atoms with E-state index in [1.807, 2.05) is 12.1 Å². The van der Waals surface area contributed by atoms with E-state index in [2.05, 4.69) is 26.0 Å². The van der Waals surface area contributed by atoms with Gasteiger partial charge >= 0.3 is 0 Å². The van der Waals surface area contributed by atoms with Crippen molar-refractivity contribution in [3.8, 4) is 5.75 Å². The van der Waals surface area contributed by atoms with Gasteiger partial charge in [0.1, 0.15) is 5.75 Å². The second-order valence-corrected chi connectivity index (χ2v) is 4.93. The number of rotatable bonds is 4. The number of benzene rings is 1. The minimum absolute atomic E-state index is 0.187. The zero-order valence-corrected chi connectivity index (χ0v) is 10.0. The molecule has 0 aromatic heterocycles. The van der Waals surface area contributed by atoms with Crippen molar-refractivity contribution in [2.24, 2.45) is 5.92 Å². The van der Waals surface area contributed by atoms with Crippen LogP contribution in [0.2, 0.25) is 0 Å². The predicted molar refractivity (Wildman–Crippen MR) is 64.8 cm³/mol. The molecule has 0 saturated carbocycles. The smallest absolute Gasteiger partial charge is 0.122 e. The van der Waals surface area contributed by atoms with Crippen LogP contribution in [0.5, 0.6) is 5.75 Å². The van der Waals surface area contributed by atoms with E-state index in [-0.39, 0.29) is 6.10 Å². The monoisotopic (exact) mass is 220 g/mol. The van der Waals surface area contributed by atoms with Crippen molar-refractivity contribution in [3.63, 3.8) is 0 Å². The predicted octanol–water partition coefficient (Wildman–Crippen LogP) is 2.96. The zero-order valence-electron chi connectivity index (χ0n) is 10.0. The molecule has 1 N–H and O–H groups in total. The summed E-state index contributed by atoms with van der Waals surface area (Å²) in [5.41, 5.74) is 1.30. The Bertz CT molecular complexity index is 346. The van der Waals surface area contributed by atoms with Crippen molar-refractivity contribution in [2.75, 3.05) is 6.61 Å². The molecule has 0 saturated heterocycles. The first kappa shape index (κ1) is 11.5. The Morgan fingerprint density at radius 3 is 2.88 bits per heavy atom. The van der Waals surface area contributed by atoms with E-state index in [4.69, 9.17) is 4.74 Å². The third-order valence-electron chi connectivity index (χ3n) is 3.38. The average molecular weight is 220 g/mol. The van der Waals surface area contributed by atoms with Crippen LogP contribution in [0.4, 0.5) is 0 Å². The quantitative estimate of drug-likeness (QED) is 0.845. The third kappa shape index (κ3) is 2.38. The van der Waals surface area contributed by atoms with Crippen LogP contribution in [-0.2, 0) is 0 Å². The Hall–Kier alpha value is -1.02. The van der Waals surface area contributed by atoms with Crippen molar-refractivity contribution in [2.45, 2.75) is 38.7 Å². The van der Waals surface area contributed by atoms with Crippen LogP contribution < -0.4 is 4.74 Å². The lowest BCUT2D eigenvalue weighted by molar-refractivity contribution is 0.110. The molecule has 2 heteroatoms. The summed E-state index contributed by atoms with van der Waals surface area (Å²) < 4.78 is 5.62. The molecule has 0 fully saturated rings. The lowest BCUT2D eigenvalue weighted by atomic mass is 9.92. The van der Waals surface area contributed by atoms with Crippen LogP contribution in [0, 0.1) is 5.92 Å². The van der Waals surface area contributed by atoms with E-state index in [9.17, 15) is 5.11 Å². The van der Waals surface area contributed by atoms with Crippen LogP contribution in [0.25, 0.3) is 0 Å². The highest BCUT2D eigenvalue weighted by Crippen LogP contribution is 2.36. The van der Waals surface area contributed by atoms with Crippen LogP contribution >= 0.6 is 0 Å². The lowest BCUT2D eigenvalue weighted by Crippen LogP contribution is -2.16. The van der Waals surface area contributed by atoms with Crippen molar-refractivity contribution >= 4 is 0 Å². The molecule has 2 atom stereocenters. The van der Waals surface area contributed by atoms with Crippen molar-refractivity contribution in [1.82, 2.24) is 0 Å². The van der Waals surface area contributed by atoms with E-state index in [1.165, 1.54) is 5.56 Å². The molecule has 2 unspecified atom stereocenters. The summed E-state index contributed by atoms with van der Waals surface area (Å²) in [5.74, 6) is 1.83. The number of aliphatic hydroxyl groups is 1. The summed E-state index contributed by atoms with van der Waals surface area (Å²) in [4.78, 5) is 0. The first-order chi connectivity index (χ1) is 7.68. The number of hydrogen-bond acceptors (Lipinski definition) is 2. The summed E-state index contributed by atoms with van der Waals surface area (Å²) >= 11 is 0. The summed E-state index contributed by atoms with van der Waals surface area (Å²) in [6, 6.07) is 8.21. The van der Waals surface area contributed by atoms with Crippen LogP contribution in [0.15, 0.2) is 24.3 Å². The average Bonchev–Trinajstić information content (AvgIpc) is 2.69. The van der Waals surface area contributed by atoms with Crippen LogP contribution in [0.1, 0.15) is 38.2 Å². The maximum absolute atomic E-state index is 9.79. The second kappa shape index (κ2) is 4.88. The Morgan fingerprint density at radius 2 is 2.12 bits per heavy atom. The Morgan fingerprint density at radius 1 is 1.38 bits per heavy atom. The zero-order chi connectivity index (χ0) is 11.5. The van der Waals surface area contributed by atoms with Gasteiger partial charge in [-0.05, 0) is 24.8 Å². The molecule has 1 aromatic rings. The Labute approximate surface area is 97.3 Å². The first-order valence-corrected chi connectivity index (χ1v) is 6.08. The number of fused-ring (bicyclic) bond motifs is 1. The summed E-state index contributed by atoms with van der Waals surface area (Å²) in [5, 5.41) is 9.79. The fourth-order valence-electron chi connectivity index (χ4n) is 2.17. The summed E-state index contributed by atoms with van der Waals surface area (Å²) in [6.07, 6.45) is 1.68. The third-order valence-corrected chi connectivity index (χ3v) is 3.38. The van der Waals surface area contributed by atoms with Gasteiger partial charge in [0.25, 0.3) is 0 Å². The molecule has 0 radical (unpaired) electrons.